The number of nitrogens with zero attached hydrogens (tertiary/aromatic N) is 6. The molecule has 4 rings (SSSR count). The van der Waals surface area contributed by atoms with Gasteiger partial charge in [-0.25, -0.2) is 9.67 Å². The van der Waals surface area contributed by atoms with Crippen LogP contribution in [0.2, 0.25) is 10.0 Å². The van der Waals surface area contributed by atoms with E-state index in [2.05, 4.69) is 25.5 Å². The molecule has 0 atom stereocenters. The summed E-state index contributed by atoms with van der Waals surface area (Å²) in [5, 5.41) is 12.2. The van der Waals surface area contributed by atoms with Crippen LogP contribution in [0.1, 0.15) is 28.9 Å². The molecule has 0 aliphatic rings. The highest BCUT2D eigenvalue weighted by Gasteiger charge is 2.20. The smallest absolute Gasteiger partial charge is 0.296 e. The van der Waals surface area contributed by atoms with Crippen molar-refractivity contribution in [3.05, 3.63) is 82.2 Å². The minimum Gasteiger partial charge on any atom is -0.302 e. The first kappa shape index (κ1) is 20.1. The average molecular weight is 442 g/mol. The molecule has 10 heteroatoms. The highest BCUT2D eigenvalue weighted by Crippen LogP contribution is 2.28. The second-order valence-electron chi connectivity index (χ2n) is 6.40. The van der Waals surface area contributed by atoms with Crippen molar-refractivity contribution in [2.45, 2.75) is 19.9 Å². The molecule has 30 heavy (non-hydrogen) atoms. The van der Waals surface area contributed by atoms with Crippen LogP contribution in [0, 0.1) is 0 Å². The van der Waals surface area contributed by atoms with Gasteiger partial charge < -0.3 is 5.32 Å². The first-order valence-electron chi connectivity index (χ1n) is 9.19. The van der Waals surface area contributed by atoms with Gasteiger partial charge in [0.15, 0.2) is 5.82 Å². The number of para-hydroxylation sites is 1. The van der Waals surface area contributed by atoms with Crippen molar-refractivity contribution in [1.29, 1.82) is 0 Å². The van der Waals surface area contributed by atoms with Crippen LogP contribution in [0.15, 0.2) is 55.0 Å². The summed E-state index contributed by atoms with van der Waals surface area (Å²) in [5.74, 6) is 0.495. The van der Waals surface area contributed by atoms with Crippen LogP contribution in [0.25, 0.3) is 5.69 Å². The Balaban J connectivity index is 1.54. The molecule has 8 nitrogen and oxygen atoms in total. The van der Waals surface area contributed by atoms with Crippen molar-refractivity contribution in [1.82, 2.24) is 29.5 Å². The van der Waals surface area contributed by atoms with E-state index in [1.165, 1.54) is 4.68 Å². The van der Waals surface area contributed by atoms with Gasteiger partial charge in [0.2, 0.25) is 5.82 Å². The fourth-order valence-electron chi connectivity index (χ4n) is 2.91. The van der Waals surface area contributed by atoms with Crippen molar-refractivity contribution in [3.8, 4) is 5.69 Å². The highest BCUT2D eigenvalue weighted by atomic mass is 35.5. The molecule has 0 bridgehead atoms. The zero-order valence-corrected chi connectivity index (χ0v) is 17.5. The van der Waals surface area contributed by atoms with Gasteiger partial charge in [-0.05, 0) is 23.8 Å². The fourth-order valence-corrected chi connectivity index (χ4v) is 3.46. The highest BCUT2D eigenvalue weighted by molar-refractivity contribution is 6.37. The number of hydrogen-bond acceptors (Lipinski definition) is 5. The van der Waals surface area contributed by atoms with Crippen molar-refractivity contribution in [2.75, 3.05) is 5.32 Å². The van der Waals surface area contributed by atoms with E-state index in [0.717, 1.165) is 5.56 Å². The zero-order chi connectivity index (χ0) is 21.1. The molecule has 4 aromatic rings. The summed E-state index contributed by atoms with van der Waals surface area (Å²) in [6.07, 6.45) is 5.80. The van der Waals surface area contributed by atoms with E-state index in [4.69, 9.17) is 23.2 Å². The van der Waals surface area contributed by atoms with E-state index in [1.807, 2.05) is 19.1 Å². The van der Waals surface area contributed by atoms with E-state index in [-0.39, 0.29) is 5.82 Å². The number of anilines is 1. The quantitative estimate of drug-likeness (QED) is 0.487. The number of hydrogen-bond donors (Lipinski definition) is 1. The van der Waals surface area contributed by atoms with Gasteiger partial charge in [-0.15, -0.1) is 5.10 Å². The minimum atomic E-state index is -0.474. The standard InChI is InChI=1S/C20H17Cl2N7O/c1-2-17-25-19(27-29(17)18-14(21)6-3-7-15(18)22)20(30)24-16-8-10-28(26-16)12-13-5-4-9-23-11-13/h3-11H,2,12H2,1H3,(H,24,26,30). The molecule has 3 heterocycles. The number of halogens is 2. The molecule has 1 N–H and O–H groups in total. The van der Waals surface area contributed by atoms with Gasteiger partial charge in [-0.3, -0.25) is 14.5 Å². The molecular formula is C20H17Cl2N7O. The average Bonchev–Trinajstić information content (AvgIpc) is 3.35. The molecule has 0 unspecified atom stereocenters. The third-order valence-corrected chi connectivity index (χ3v) is 4.90. The van der Waals surface area contributed by atoms with Gasteiger partial charge in [0, 0.05) is 31.1 Å². The second kappa shape index (κ2) is 8.64. The lowest BCUT2D eigenvalue weighted by Gasteiger charge is -2.08. The van der Waals surface area contributed by atoms with Crippen LogP contribution in [0.3, 0.4) is 0 Å². The molecular weight excluding hydrogens is 425 g/mol. The molecule has 152 valence electrons. The summed E-state index contributed by atoms with van der Waals surface area (Å²) in [6, 6.07) is 10.7. The molecule has 0 aliphatic heterocycles. The maximum Gasteiger partial charge on any atom is 0.296 e. The van der Waals surface area contributed by atoms with Crippen molar-refractivity contribution >= 4 is 34.9 Å². The van der Waals surface area contributed by atoms with Gasteiger partial charge in [-0.1, -0.05) is 42.3 Å². The summed E-state index contributed by atoms with van der Waals surface area (Å²) < 4.78 is 3.21. The van der Waals surface area contributed by atoms with E-state index in [9.17, 15) is 4.79 Å². The molecule has 3 aromatic heterocycles. The Morgan fingerprint density at radius 1 is 1.10 bits per heavy atom. The van der Waals surface area contributed by atoms with Gasteiger partial charge >= 0.3 is 0 Å². The van der Waals surface area contributed by atoms with Crippen molar-refractivity contribution < 1.29 is 4.79 Å². The number of pyridine rings is 1. The first-order chi connectivity index (χ1) is 14.5. The van der Waals surface area contributed by atoms with E-state index < -0.39 is 5.91 Å². The maximum absolute atomic E-state index is 12.7. The number of carbonyl (C=O) groups is 1. The molecule has 0 saturated heterocycles. The lowest BCUT2D eigenvalue weighted by Crippen LogP contribution is -2.15. The summed E-state index contributed by atoms with van der Waals surface area (Å²) in [4.78, 5) is 21.1. The van der Waals surface area contributed by atoms with Crippen molar-refractivity contribution in [3.63, 3.8) is 0 Å². The Morgan fingerprint density at radius 2 is 1.90 bits per heavy atom. The fraction of sp³-hybridized carbons (Fsp3) is 0.150. The SMILES string of the molecule is CCc1nc(C(=O)Nc2ccn(Cc3cccnc3)n2)nn1-c1c(Cl)cccc1Cl. The predicted molar refractivity (Wildman–Crippen MR) is 114 cm³/mol. The van der Waals surface area contributed by atoms with Gasteiger partial charge in [0.05, 0.1) is 16.6 Å². The molecule has 0 saturated carbocycles. The number of carbonyl (C=O) groups excluding carboxylic acids is 1. The predicted octanol–water partition coefficient (Wildman–Crippen LogP) is 4.03. The summed E-state index contributed by atoms with van der Waals surface area (Å²) in [5.41, 5.74) is 1.49. The minimum absolute atomic E-state index is 0.00430. The molecule has 1 aromatic carbocycles. The Morgan fingerprint density at radius 3 is 2.60 bits per heavy atom. The summed E-state index contributed by atoms with van der Waals surface area (Å²) in [6.45, 7) is 2.45. The monoisotopic (exact) mass is 441 g/mol. The Labute approximate surface area is 182 Å². The Hall–Kier alpha value is -3.23. The number of amides is 1. The first-order valence-corrected chi connectivity index (χ1v) is 9.94. The van der Waals surface area contributed by atoms with Gasteiger partial charge in [0.1, 0.15) is 11.5 Å². The second-order valence-corrected chi connectivity index (χ2v) is 7.22. The van der Waals surface area contributed by atoms with Gasteiger partial charge in [-0.2, -0.15) is 5.10 Å². The Kier molecular flexibility index (Phi) is 5.78. The third-order valence-electron chi connectivity index (χ3n) is 4.29. The largest absolute Gasteiger partial charge is 0.302 e. The molecule has 0 aliphatic carbocycles. The molecule has 1 amide bonds. The van der Waals surface area contributed by atoms with E-state index in [1.54, 1.807) is 47.5 Å². The third kappa shape index (κ3) is 4.19. The van der Waals surface area contributed by atoms with Crippen LogP contribution in [-0.2, 0) is 13.0 Å². The normalized spacial score (nSPS) is 10.9. The molecule has 0 fully saturated rings. The molecule has 0 spiro atoms. The number of benzene rings is 1. The zero-order valence-electron chi connectivity index (χ0n) is 16.0. The maximum atomic E-state index is 12.7. The topological polar surface area (TPSA) is 90.5 Å². The molecule has 0 radical (unpaired) electrons. The summed E-state index contributed by atoms with van der Waals surface area (Å²) in [7, 11) is 0. The van der Waals surface area contributed by atoms with Crippen LogP contribution in [0.4, 0.5) is 5.82 Å². The van der Waals surface area contributed by atoms with Crippen LogP contribution in [-0.4, -0.2) is 35.4 Å². The number of nitrogens with one attached hydrogen (secondary N) is 1. The summed E-state index contributed by atoms with van der Waals surface area (Å²) >= 11 is 12.6. The van der Waals surface area contributed by atoms with E-state index in [0.29, 0.717) is 40.3 Å². The lowest BCUT2D eigenvalue weighted by atomic mass is 10.3. The number of rotatable bonds is 6. The Bertz CT molecular complexity index is 1170. The van der Waals surface area contributed by atoms with E-state index >= 15 is 0 Å². The van der Waals surface area contributed by atoms with Crippen LogP contribution in [0.5, 0.6) is 0 Å². The van der Waals surface area contributed by atoms with Crippen LogP contribution < -0.4 is 5.32 Å². The number of aryl methyl sites for hydroxylation is 1. The number of aromatic nitrogens is 6. The van der Waals surface area contributed by atoms with Crippen LogP contribution >= 0.6 is 23.2 Å². The van der Waals surface area contributed by atoms with Crippen molar-refractivity contribution in [2.24, 2.45) is 0 Å². The van der Waals surface area contributed by atoms with Gasteiger partial charge in [0.25, 0.3) is 5.91 Å². The lowest BCUT2D eigenvalue weighted by molar-refractivity contribution is 0.101.